The SMILES string of the molecule is CC1CNCC(=O)c2ccc(Br)cc21. The van der Waals surface area contributed by atoms with Crippen molar-refractivity contribution in [1.82, 2.24) is 5.32 Å². The van der Waals surface area contributed by atoms with Gasteiger partial charge in [0.1, 0.15) is 0 Å². The van der Waals surface area contributed by atoms with Crippen LogP contribution >= 0.6 is 15.9 Å². The van der Waals surface area contributed by atoms with Crippen molar-refractivity contribution in [3.05, 3.63) is 33.8 Å². The topological polar surface area (TPSA) is 29.1 Å². The molecular weight excluding hydrogens is 242 g/mol. The third kappa shape index (κ3) is 1.74. The molecular formula is C11H12BrNO. The number of Topliss-reactive ketones (excluding diaryl/α,β-unsaturated/α-hetero) is 1. The molecule has 1 aliphatic rings. The normalized spacial score (nSPS) is 21.6. The number of carbonyl (C=O) groups is 1. The first kappa shape index (κ1) is 9.87. The largest absolute Gasteiger partial charge is 0.309 e. The molecule has 1 heterocycles. The summed E-state index contributed by atoms with van der Waals surface area (Å²) >= 11 is 3.43. The number of hydrogen-bond donors (Lipinski definition) is 1. The number of ketones is 1. The lowest BCUT2D eigenvalue weighted by Crippen LogP contribution is -2.22. The van der Waals surface area contributed by atoms with Gasteiger partial charge in [0.05, 0.1) is 6.54 Å². The zero-order chi connectivity index (χ0) is 10.1. The Balaban J connectivity index is 2.54. The zero-order valence-corrected chi connectivity index (χ0v) is 9.60. The minimum Gasteiger partial charge on any atom is -0.309 e. The predicted octanol–water partition coefficient (Wildman–Crippen LogP) is 2.34. The Labute approximate surface area is 91.8 Å². The molecule has 0 bridgehead atoms. The Morgan fingerprint density at radius 2 is 2.29 bits per heavy atom. The van der Waals surface area contributed by atoms with Crippen LogP contribution in [0.15, 0.2) is 22.7 Å². The highest BCUT2D eigenvalue weighted by Crippen LogP contribution is 2.25. The summed E-state index contributed by atoms with van der Waals surface area (Å²) in [5.74, 6) is 0.589. The summed E-state index contributed by atoms with van der Waals surface area (Å²) in [5, 5.41) is 3.15. The van der Waals surface area contributed by atoms with Crippen molar-refractivity contribution in [1.29, 1.82) is 0 Å². The highest BCUT2D eigenvalue weighted by molar-refractivity contribution is 9.10. The van der Waals surface area contributed by atoms with Crippen molar-refractivity contribution in [3.63, 3.8) is 0 Å². The molecule has 0 saturated heterocycles. The Hall–Kier alpha value is -0.670. The van der Waals surface area contributed by atoms with E-state index in [1.165, 1.54) is 0 Å². The molecule has 0 fully saturated rings. The molecule has 2 rings (SSSR count). The standard InChI is InChI=1S/C11H12BrNO/c1-7-5-13-6-11(14)9-3-2-8(12)4-10(7)9/h2-4,7,13H,5-6H2,1H3. The molecule has 0 amide bonds. The Bertz CT molecular complexity index is 376. The summed E-state index contributed by atoms with van der Waals surface area (Å²) < 4.78 is 1.04. The minimum absolute atomic E-state index is 0.192. The molecule has 1 unspecified atom stereocenters. The molecule has 1 aromatic carbocycles. The lowest BCUT2D eigenvalue weighted by atomic mass is 9.95. The third-order valence-corrected chi connectivity index (χ3v) is 3.07. The van der Waals surface area contributed by atoms with Gasteiger partial charge in [-0.15, -0.1) is 0 Å². The lowest BCUT2D eigenvalue weighted by Gasteiger charge is -2.11. The fourth-order valence-corrected chi connectivity index (χ4v) is 2.18. The summed E-state index contributed by atoms with van der Waals surface area (Å²) in [4.78, 5) is 11.7. The second-order valence-electron chi connectivity index (χ2n) is 3.69. The number of nitrogens with one attached hydrogen (secondary N) is 1. The molecule has 3 heteroatoms. The van der Waals surface area contributed by atoms with Crippen LogP contribution in [-0.4, -0.2) is 18.9 Å². The van der Waals surface area contributed by atoms with E-state index >= 15 is 0 Å². The smallest absolute Gasteiger partial charge is 0.176 e. The van der Waals surface area contributed by atoms with Crippen LogP contribution in [-0.2, 0) is 0 Å². The van der Waals surface area contributed by atoms with Crippen molar-refractivity contribution in [2.24, 2.45) is 0 Å². The molecule has 0 aromatic heterocycles. The fourth-order valence-electron chi connectivity index (χ4n) is 1.80. The number of halogens is 1. The Kier molecular flexibility index (Phi) is 2.70. The van der Waals surface area contributed by atoms with Gasteiger partial charge in [-0.2, -0.15) is 0 Å². The fraction of sp³-hybridized carbons (Fsp3) is 0.364. The van der Waals surface area contributed by atoms with E-state index in [-0.39, 0.29) is 5.78 Å². The van der Waals surface area contributed by atoms with E-state index in [0.29, 0.717) is 12.5 Å². The summed E-state index contributed by atoms with van der Waals surface area (Å²) in [6.07, 6.45) is 0. The third-order valence-electron chi connectivity index (χ3n) is 2.58. The van der Waals surface area contributed by atoms with Crippen LogP contribution in [0, 0.1) is 0 Å². The second kappa shape index (κ2) is 3.83. The number of fused-ring (bicyclic) bond motifs is 1. The molecule has 0 radical (unpaired) electrons. The van der Waals surface area contributed by atoms with Crippen molar-refractivity contribution in [2.45, 2.75) is 12.8 Å². The van der Waals surface area contributed by atoms with E-state index in [0.717, 1.165) is 22.1 Å². The van der Waals surface area contributed by atoms with Gasteiger partial charge < -0.3 is 5.32 Å². The summed E-state index contributed by atoms with van der Waals surface area (Å²) in [6, 6.07) is 5.88. The highest BCUT2D eigenvalue weighted by atomic mass is 79.9. The van der Waals surface area contributed by atoms with E-state index in [1.807, 2.05) is 18.2 Å². The molecule has 1 aliphatic heterocycles. The first-order valence-corrected chi connectivity index (χ1v) is 5.51. The molecule has 2 nitrogen and oxygen atoms in total. The molecule has 1 aromatic rings. The van der Waals surface area contributed by atoms with E-state index in [4.69, 9.17) is 0 Å². The van der Waals surface area contributed by atoms with Gasteiger partial charge in [-0.3, -0.25) is 4.79 Å². The number of hydrogen-bond acceptors (Lipinski definition) is 2. The predicted molar refractivity (Wildman–Crippen MR) is 59.8 cm³/mol. The van der Waals surface area contributed by atoms with E-state index in [2.05, 4.69) is 28.2 Å². The van der Waals surface area contributed by atoms with Gasteiger partial charge in [0.2, 0.25) is 0 Å². The molecule has 1 N–H and O–H groups in total. The summed E-state index contributed by atoms with van der Waals surface area (Å²) in [7, 11) is 0. The van der Waals surface area contributed by atoms with Crippen molar-refractivity contribution in [3.8, 4) is 0 Å². The van der Waals surface area contributed by atoms with Crippen LogP contribution in [0.1, 0.15) is 28.8 Å². The molecule has 0 saturated carbocycles. The van der Waals surface area contributed by atoms with Crippen LogP contribution in [0.4, 0.5) is 0 Å². The maximum Gasteiger partial charge on any atom is 0.176 e. The average molecular weight is 254 g/mol. The second-order valence-corrected chi connectivity index (χ2v) is 4.60. The van der Waals surface area contributed by atoms with E-state index in [9.17, 15) is 4.79 Å². The van der Waals surface area contributed by atoms with Gasteiger partial charge in [0, 0.05) is 16.6 Å². The van der Waals surface area contributed by atoms with Gasteiger partial charge >= 0.3 is 0 Å². The maximum absolute atomic E-state index is 11.7. The monoisotopic (exact) mass is 253 g/mol. The van der Waals surface area contributed by atoms with Crippen molar-refractivity contribution in [2.75, 3.05) is 13.1 Å². The molecule has 0 aliphatic carbocycles. The van der Waals surface area contributed by atoms with Crippen LogP contribution in [0.2, 0.25) is 0 Å². The van der Waals surface area contributed by atoms with Crippen LogP contribution < -0.4 is 5.32 Å². The van der Waals surface area contributed by atoms with Gasteiger partial charge in [0.25, 0.3) is 0 Å². The van der Waals surface area contributed by atoms with Crippen LogP contribution in [0.25, 0.3) is 0 Å². The Morgan fingerprint density at radius 1 is 1.50 bits per heavy atom. The van der Waals surface area contributed by atoms with Crippen molar-refractivity contribution >= 4 is 21.7 Å². The van der Waals surface area contributed by atoms with Gasteiger partial charge in [0.15, 0.2) is 5.78 Å². The highest BCUT2D eigenvalue weighted by Gasteiger charge is 2.19. The number of carbonyl (C=O) groups excluding carboxylic acids is 1. The van der Waals surface area contributed by atoms with E-state index in [1.54, 1.807) is 0 Å². The first-order valence-electron chi connectivity index (χ1n) is 4.72. The number of rotatable bonds is 0. The van der Waals surface area contributed by atoms with E-state index < -0.39 is 0 Å². The number of benzene rings is 1. The van der Waals surface area contributed by atoms with Gasteiger partial charge in [-0.1, -0.05) is 22.9 Å². The average Bonchev–Trinajstić information content (AvgIpc) is 2.28. The molecule has 1 atom stereocenters. The summed E-state index contributed by atoms with van der Waals surface area (Å²) in [5.41, 5.74) is 2.01. The lowest BCUT2D eigenvalue weighted by molar-refractivity contribution is 0.0994. The molecule has 14 heavy (non-hydrogen) atoms. The molecule has 0 spiro atoms. The van der Waals surface area contributed by atoms with Crippen molar-refractivity contribution < 1.29 is 4.79 Å². The zero-order valence-electron chi connectivity index (χ0n) is 8.01. The Morgan fingerprint density at radius 3 is 3.07 bits per heavy atom. The van der Waals surface area contributed by atoms with Crippen LogP contribution in [0.5, 0.6) is 0 Å². The van der Waals surface area contributed by atoms with Gasteiger partial charge in [-0.05, 0) is 29.7 Å². The quantitative estimate of drug-likeness (QED) is 0.769. The van der Waals surface area contributed by atoms with Gasteiger partial charge in [-0.25, -0.2) is 0 Å². The summed E-state index contributed by atoms with van der Waals surface area (Å²) in [6.45, 7) is 3.46. The first-order chi connectivity index (χ1) is 6.68. The molecule has 74 valence electrons. The van der Waals surface area contributed by atoms with Crippen LogP contribution in [0.3, 0.4) is 0 Å². The maximum atomic E-state index is 11.7. The minimum atomic E-state index is 0.192.